The second-order valence-electron chi connectivity index (χ2n) is 6.26. The SMILES string of the molecule is Cc1nn(Cc2ccccc2)c(Cl)c1C(=O)OCC(=O)Nc1c(Cl)cc(Cl)cc1Cl. The molecule has 0 radical (unpaired) electrons. The third kappa shape index (κ3) is 5.26. The number of halogens is 4. The van der Waals surface area contributed by atoms with E-state index in [9.17, 15) is 9.59 Å². The maximum Gasteiger partial charge on any atom is 0.343 e. The van der Waals surface area contributed by atoms with E-state index in [0.717, 1.165) is 5.56 Å². The van der Waals surface area contributed by atoms with E-state index in [2.05, 4.69) is 10.4 Å². The Balaban J connectivity index is 1.66. The number of nitrogens with zero attached hydrogens (tertiary/aromatic N) is 2. The van der Waals surface area contributed by atoms with Crippen LogP contribution in [0.3, 0.4) is 0 Å². The van der Waals surface area contributed by atoms with Crippen molar-refractivity contribution in [3.05, 3.63) is 79.5 Å². The second-order valence-corrected chi connectivity index (χ2v) is 7.87. The summed E-state index contributed by atoms with van der Waals surface area (Å²) in [5.74, 6) is -1.39. The molecule has 10 heteroatoms. The van der Waals surface area contributed by atoms with Gasteiger partial charge in [-0.3, -0.25) is 4.79 Å². The predicted octanol–water partition coefficient (Wildman–Crippen LogP) is 5.65. The van der Waals surface area contributed by atoms with Crippen LogP contribution in [-0.2, 0) is 16.1 Å². The van der Waals surface area contributed by atoms with Crippen LogP contribution in [0.1, 0.15) is 21.6 Å². The normalized spacial score (nSPS) is 10.7. The average molecular weight is 487 g/mol. The summed E-state index contributed by atoms with van der Waals surface area (Å²) >= 11 is 24.2. The van der Waals surface area contributed by atoms with E-state index in [4.69, 9.17) is 51.1 Å². The summed E-state index contributed by atoms with van der Waals surface area (Å²) in [6.45, 7) is 1.47. The highest BCUT2D eigenvalue weighted by molar-refractivity contribution is 6.42. The van der Waals surface area contributed by atoms with Crippen molar-refractivity contribution in [1.82, 2.24) is 9.78 Å². The third-order valence-electron chi connectivity index (χ3n) is 4.05. The Morgan fingerprint density at radius 1 is 1.07 bits per heavy atom. The van der Waals surface area contributed by atoms with Crippen LogP contribution in [0.15, 0.2) is 42.5 Å². The lowest BCUT2D eigenvalue weighted by molar-refractivity contribution is -0.119. The third-order valence-corrected chi connectivity index (χ3v) is 5.25. The van der Waals surface area contributed by atoms with Gasteiger partial charge in [0, 0.05) is 5.02 Å². The molecule has 2 aromatic carbocycles. The summed E-state index contributed by atoms with van der Waals surface area (Å²) in [5.41, 5.74) is 1.64. The molecule has 156 valence electrons. The van der Waals surface area contributed by atoms with Gasteiger partial charge >= 0.3 is 5.97 Å². The van der Waals surface area contributed by atoms with Crippen LogP contribution in [-0.4, -0.2) is 28.3 Å². The highest BCUT2D eigenvalue weighted by Crippen LogP contribution is 2.33. The Bertz CT molecular complexity index is 1080. The molecule has 30 heavy (non-hydrogen) atoms. The van der Waals surface area contributed by atoms with Gasteiger partial charge in [-0.15, -0.1) is 0 Å². The van der Waals surface area contributed by atoms with Crippen LogP contribution in [0.5, 0.6) is 0 Å². The number of hydrogen-bond donors (Lipinski definition) is 1. The quantitative estimate of drug-likeness (QED) is 0.457. The summed E-state index contributed by atoms with van der Waals surface area (Å²) in [6, 6.07) is 12.4. The van der Waals surface area contributed by atoms with E-state index in [1.165, 1.54) is 16.8 Å². The number of nitrogens with one attached hydrogen (secondary N) is 1. The average Bonchev–Trinajstić information content (AvgIpc) is 2.96. The first-order valence-corrected chi connectivity index (χ1v) is 10.2. The molecule has 0 aliphatic heterocycles. The first kappa shape index (κ1) is 22.4. The summed E-state index contributed by atoms with van der Waals surface area (Å²) in [6.07, 6.45) is 0. The summed E-state index contributed by atoms with van der Waals surface area (Å²) in [7, 11) is 0. The molecule has 6 nitrogen and oxygen atoms in total. The van der Waals surface area contributed by atoms with Crippen molar-refractivity contribution < 1.29 is 14.3 Å². The van der Waals surface area contributed by atoms with Crippen LogP contribution < -0.4 is 5.32 Å². The van der Waals surface area contributed by atoms with Gasteiger partial charge in [-0.05, 0) is 24.6 Å². The first-order valence-electron chi connectivity index (χ1n) is 8.64. The Hall–Kier alpha value is -2.25. The van der Waals surface area contributed by atoms with Gasteiger partial charge in [0.25, 0.3) is 5.91 Å². The van der Waals surface area contributed by atoms with Gasteiger partial charge in [-0.1, -0.05) is 76.7 Å². The Morgan fingerprint density at radius 3 is 2.33 bits per heavy atom. The minimum absolute atomic E-state index is 0.1000. The van der Waals surface area contributed by atoms with Crippen molar-refractivity contribution in [2.75, 3.05) is 11.9 Å². The largest absolute Gasteiger partial charge is 0.452 e. The fourth-order valence-corrected chi connectivity index (χ4v) is 3.91. The topological polar surface area (TPSA) is 73.2 Å². The summed E-state index contributed by atoms with van der Waals surface area (Å²) in [4.78, 5) is 24.6. The van der Waals surface area contributed by atoms with Gasteiger partial charge in [0.15, 0.2) is 6.61 Å². The van der Waals surface area contributed by atoms with Crippen LogP contribution in [0.2, 0.25) is 20.2 Å². The number of ether oxygens (including phenoxy) is 1. The lowest BCUT2D eigenvalue weighted by atomic mass is 10.2. The fraction of sp³-hybridized carbons (Fsp3) is 0.150. The lowest BCUT2D eigenvalue weighted by Gasteiger charge is -2.10. The predicted molar refractivity (Wildman–Crippen MR) is 118 cm³/mol. The molecule has 1 N–H and O–H groups in total. The number of carbonyl (C=O) groups excluding carboxylic acids is 2. The molecule has 0 aliphatic rings. The number of aromatic nitrogens is 2. The van der Waals surface area contributed by atoms with Crippen LogP contribution in [0.25, 0.3) is 0 Å². The van der Waals surface area contributed by atoms with E-state index >= 15 is 0 Å². The van der Waals surface area contributed by atoms with Gasteiger partial charge in [0.05, 0.1) is 28.0 Å². The zero-order valence-corrected chi connectivity index (χ0v) is 18.6. The number of benzene rings is 2. The zero-order valence-electron chi connectivity index (χ0n) is 15.6. The molecule has 0 aliphatic carbocycles. The number of anilines is 1. The second kappa shape index (κ2) is 9.71. The van der Waals surface area contributed by atoms with Gasteiger partial charge in [0.2, 0.25) is 0 Å². The molecule has 3 aromatic rings. The number of esters is 1. The number of rotatable bonds is 6. The van der Waals surface area contributed by atoms with Crippen molar-refractivity contribution in [2.24, 2.45) is 0 Å². The van der Waals surface area contributed by atoms with Crippen molar-refractivity contribution in [3.8, 4) is 0 Å². The molecule has 0 unspecified atom stereocenters. The van der Waals surface area contributed by atoms with E-state index in [-0.39, 0.29) is 26.4 Å². The lowest BCUT2D eigenvalue weighted by Crippen LogP contribution is -2.21. The fourth-order valence-electron chi connectivity index (χ4n) is 2.69. The molecule has 0 fully saturated rings. The molecular weight excluding hydrogens is 472 g/mol. The highest BCUT2D eigenvalue weighted by Gasteiger charge is 2.23. The number of aryl methyl sites for hydroxylation is 1. The smallest absolute Gasteiger partial charge is 0.343 e. The van der Waals surface area contributed by atoms with Gasteiger partial charge in [-0.2, -0.15) is 5.10 Å². The van der Waals surface area contributed by atoms with Gasteiger partial charge < -0.3 is 10.1 Å². The van der Waals surface area contributed by atoms with E-state index in [1.807, 2.05) is 30.3 Å². The number of hydrogen-bond acceptors (Lipinski definition) is 4. The highest BCUT2D eigenvalue weighted by atomic mass is 35.5. The van der Waals surface area contributed by atoms with Crippen LogP contribution in [0, 0.1) is 6.92 Å². The molecule has 1 aromatic heterocycles. The minimum atomic E-state index is -0.764. The molecule has 3 rings (SSSR count). The van der Waals surface area contributed by atoms with Crippen molar-refractivity contribution in [1.29, 1.82) is 0 Å². The zero-order chi connectivity index (χ0) is 21.8. The summed E-state index contributed by atoms with van der Waals surface area (Å²) in [5, 5.41) is 7.55. The van der Waals surface area contributed by atoms with Crippen LogP contribution >= 0.6 is 46.4 Å². The molecule has 0 saturated heterocycles. The number of carbonyl (C=O) groups is 2. The monoisotopic (exact) mass is 485 g/mol. The van der Waals surface area contributed by atoms with Crippen molar-refractivity contribution >= 4 is 64.0 Å². The molecule has 1 heterocycles. The molecule has 0 bridgehead atoms. The van der Waals surface area contributed by atoms with E-state index in [0.29, 0.717) is 17.3 Å². The van der Waals surface area contributed by atoms with Crippen molar-refractivity contribution in [3.63, 3.8) is 0 Å². The maximum atomic E-state index is 12.5. The van der Waals surface area contributed by atoms with Crippen molar-refractivity contribution in [2.45, 2.75) is 13.5 Å². The Labute approximate surface area is 192 Å². The standard InChI is InChI=1S/C20H15Cl4N3O3/c1-11-17(19(24)27(26-11)9-12-5-3-2-4-6-12)20(29)30-10-16(28)25-18-14(22)7-13(21)8-15(18)23/h2-8H,9-10H2,1H3,(H,25,28). The Morgan fingerprint density at radius 2 is 1.70 bits per heavy atom. The van der Waals surface area contributed by atoms with E-state index in [1.54, 1.807) is 6.92 Å². The molecule has 0 spiro atoms. The Kier molecular flexibility index (Phi) is 7.26. The molecule has 1 amide bonds. The van der Waals surface area contributed by atoms with Crippen LogP contribution in [0.4, 0.5) is 5.69 Å². The van der Waals surface area contributed by atoms with E-state index < -0.39 is 18.5 Å². The van der Waals surface area contributed by atoms with Gasteiger partial charge in [0.1, 0.15) is 10.7 Å². The number of amides is 1. The first-order chi connectivity index (χ1) is 14.3. The molecule has 0 saturated carbocycles. The summed E-state index contributed by atoms with van der Waals surface area (Å²) < 4.78 is 6.59. The minimum Gasteiger partial charge on any atom is -0.452 e. The molecular formula is C20H15Cl4N3O3. The maximum absolute atomic E-state index is 12.5. The van der Waals surface area contributed by atoms with Gasteiger partial charge in [-0.25, -0.2) is 9.48 Å². The molecule has 0 atom stereocenters.